The van der Waals surface area contributed by atoms with E-state index >= 15 is 0 Å². The summed E-state index contributed by atoms with van der Waals surface area (Å²) in [5.41, 5.74) is 2.32. The number of rotatable bonds is 2. The van der Waals surface area contributed by atoms with Gasteiger partial charge in [0.25, 0.3) is 0 Å². The lowest BCUT2D eigenvalue weighted by Gasteiger charge is -2.09. The van der Waals surface area contributed by atoms with Crippen LogP contribution in [0, 0.1) is 0 Å². The second kappa shape index (κ2) is 3.76. The van der Waals surface area contributed by atoms with Gasteiger partial charge in [-0.15, -0.1) is 0 Å². The van der Waals surface area contributed by atoms with Crippen molar-refractivity contribution in [2.24, 2.45) is 0 Å². The summed E-state index contributed by atoms with van der Waals surface area (Å²) < 4.78 is 0. The number of hydrogen-bond donors (Lipinski definition) is 0. The van der Waals surface area contributed by atoms with Gasteiger partial charge in [-0.25, -0.2) is 0 Å². The van der Waals surface area contributed by atoms with E-state index < -0.39 is 0 Å². The zero-order valence-corrected chi connectivity index (χ0v) is 8.57. The lowest BCUT2D eigenvalue weighted by atomic mass is 10.1. The first-order valence-corrected chi connectivity index (χ1v) is 4.74. The number of para-hydroxylation sites is 1. The van der Waals surface area contributed by atoms with Crippen molar-refractivity contribution < 1.29 is 0 Å². The molecule has 0 fully saturated rings. The van der Waals surface area contributed by atoms with Gasteiger partial charge in [-0.3, -0.25) is 4.98 Å². The summed E-state index contributed by atoms with van der Waals surface area (Å²) >= 11 is 0. The van der Waals surface area contributed by atoms with Gasteiger partial charge in [0.05, 0.1) is 5.52 Å². The Hall–Kier alpha value is -1.41. The highest BCUT2D eigenvalue weighted by Gasteiger charge is 1.97. The molecule has 1 aromatic carbocycles. The van der Waals surface area contributed by atoms with Crippen LogP contribution in [0.5, 0.6) is 0 Å². The Morgan fingerprint density at radius 1 is 1.21 bits per heavy atom. The van der Waals surface area contributed by atoms with Crippen LogP contribution in [-0.2, 0) is 6.54 Å². The molecule has 0 atom stereocenters. The zero-order chi connectivity index (χ0) is 9.97. The summed E-state index contributed by atoms with van der Waals surface area (Å²) in [7, 11) is 4.13. The molecule has 2 heteroatoms. The van der Waals surface area contributed by atoms with E-state index in [0.29, 0.717) is 0 Å². The third kappa shape index (κ3) is 1.91. The quantitative estimate of drug-likeness (QED) is 0.715. The van der Waals surface area contributed by atoms with E-state index in [4.69, 9.17) is 0 Å². The molecule has 2 nitrogen and oxygen atoms in total. The molecule has 14 heavy (non-hydrogen) atoms. The third-order valence-corrected chi connectivity index (χ3v) is 2.15. The van der Waals surface area contributed by atoms with Crippen LogP contribution in [0.1, 0.15) is 5.56 Å². The number of aromatic nitrogens is 1. The molecule has 1 aromatic heterocycles. The Bertz CT molecular complexity index is 435. The summed E-state index contributed by atoms with van der Waals surface area (Å²) in [6.07, 6.45) is 1.95. The number of fused-ring (bicyclic) bond motifs is 1. The molecule has 2 rings (SSSR count). The Kier molecular flexibility index (Phi) is 2.46. The van der Waals surface area contributed by atoms with Crippen molar-refractivity contribution in [2.75, 3.05) is 14.1 Å². The molecule has 2 aromatic rings. The van der Waals surface area contributed by atoms with Gasteiger partial charge < -0.3 is 4.90 Å². The van der Waals surface area contributed by atoms with Crippen molar-refractivity contribution in [3.8, 4) is 0 Å². The van der Waals surface area contributed by atoms with Crippen LogP contribution in [0.15, 0.2) is 36.5 Å². The minimum absolute atomic E-state index is 0.942. The smallest absolute Gasteiger partial charge is 0.0702 e. The average Bonchev–Trinajstić information content (AvgIpc) is 2.17. The third-order valence-electron chi connectivity index (χ3n) is 2.15. The minimum atomic E-state index is 0.942. The van der Waals surface area contributed by atoms with Gasteiger partial charge in [0.1, 0.15) is 0 Å². The standard InChI is InChI=1S/C12H14N2/c1-14(2)9-10-7-11-5-3-4-6-12(11)13-8-10/h3-8H,9H2,1-2H3. The Balaban J connectivity index is 2.41. The van der Waals surface area contributed by atoms with Crippen molar-refractivity contribution in [1.29, 1.82) is 0 Å². The van der Waals surface area contributed by atoms with Gasteiger partial charge in [0.15, 0.2) is 0 Å². The molecule has 0 bridgehead atoms. The molecule has 0 spiro atoms. The van der Waals surface area contributed by atoms with Crippen molar-refractivity contribution in [3.05, 3.63) is 42.1 Å². The predicted octanol–water partition coefficient (Wildman–Crippen LogP) is 2.30. The Labute approximate surface area is 84.2 Å². The van der Waals surface area contributed by atoms with Crippen LogP contribution < -0.4 is 0 Å². The highest BCUT2D eigenvalue weighted by molar-refractivity contribution is 5.78. The van der Waals surface area contributed by atoms with Gasteiger partial charge in [-0.2, -0.15) is 0 Å². The van der Waals surface area contributed by atoms with Crippen LogP contribution in [0.3, 0.4) is 0 Å². The summed E-state index contributed by atoms with van der Waals surface area (Å²) in [6.45, 7) is 0.942. The first kappa shape index (κ1) is 9.16. The predicted molar refractivity (Wildman–Crippen MR) is 59.1 cm³/mol. The van der Waals surface area contributed by atoms with Crippen molar-refractivity contribution in [3.63, 3.8) is 0 Å². The van der Waals surface area contributed by atoms with Crippen LogP contribution in [0.2, 0.25) is 0 Å². The maximum Gasteiger partial charge on any atom is 0.0702 e. The highest BCUT2D eigenvalue weighted by Crippen LogP contribution is 2.13. The molecular weight excluding hydrogens is 172 g/mol. The van der Waals surface area contributed by atoms with E-state index in [-0.39, 0.29) is 0 Å². The molecule has 0 aliphatic carbocycles. The van der Waals surface area contributed by atoms with Crippen molar-refractivity contribution >= 4 is 10.9 Å². The fourth-order valence-corrected chi connectivity index (χ4v) is 1.57. The largest absolute Gasteiger partial charge is 0.305 e. The SMILES string of the molecule is CN(C)Cc1cnc2ccccc2c1. The number of nitrogens with zero attached hydrogens (tertiary/aromatic N) is 2. The van der Waals surface area contributed by atoms with Crippen LogP contribution in [-0.4, -0.2) is 24.0 Å². The molecule has 0 saturated heterocycles. The maximum absolute atomic E-state index is 4.41. The number of benzene rings is 1. The molecule has 1 heterocycles. The molecular formula is C12H14N2. The van der Waals surface area contributed by atoms with E-state index in [2.05, 4.69) is 36.1 Å². The molecule has 72 valence electrons. The normalized spacial score (nSPS) is 11.1. The fraction of sp³-hybridized carbons (Fsp3) is 0.250. The topological polar surface area (TPSA) is 16.1 Å². The van der Waals surface area contributed by atoms with Crippen molar-refractivity contribution in [1.82, 2.24) is 9.88 Å². The van der Waals surface area contributed by atoms with Gasteiger partial charge in [-0.1, -0.05) is 18.2 Å². The molecule has 0 aliphatic rings. The lowest BCUT2D eigenvalue weighted by molar-refractivity contribution is 0.402. The molecule has 0 N–H and O–H groups in total. The van der Waals surface area contributed by atoms with E-state index in [1.165, 1.54) is 10.9 Å². The summed E-state index contributed by atoms with van der Waals surface area (Å²) in [5.74, 6) is 0. The number of pyridine rings is 1. The first-order chi connectivity index (χ1) is 6.75. The summed E-state index contributed by atoms with van der Waals surface area (Å²) in [6, 6.07) is 10.4. The van der Waals surface area contributed by atoms with Crippen LogP contribution in [0.4, 0.5) is 0 Å². The van der Waals surface area contributed by atoms with Gasteiger partial charge in [-0.05, 0) is 31.8 Å². The van der Waals surface area contributed by atoms with Crippen LogP contribution in [0.25, 0.3) is 10.9 Å². The van der Waals surface area contributed by atoms with E-state index in [9.17, 15) is 0 Å². The van der Waals surface area contributed by atoms with Crippen LogP contribution >= 0.6 is 0 Å². The zero-order valence-electron chi connectivity index (χ0n) is 8.57. The molecule has 0 amide bonds. The van der Waals surface area contributed by atoms with E-state index in [1.54, 1.807) is 0 Å². The van der Waals surface area contributed by atoms with Gasteiger partial charge in [0, 0.05) is 18.1 Å². The highest BCUT2D eigenvalue weighted by atomic mass is 15.0. The monoisotopic (exact) mass is 186 g/mol. The fourth-order valence-electron chi connectivity index (χ4n) is 1.57. The summed E-state index contributed by atoms with van der Waals surface area (Å²) in [4.78, 5) is 6.55. The van der Waals surface area contributed by atoms with Crippen molar-refractivity contribution in [2.45, 2.75) is 6.54 Å². The van der Waals surface area contributed by atoms with Gasteiger partial charge >= 0.3 is 0 Å². The maximum atomic E-state index is 4.41. The second-order valence-corrected chi connectivity index (χ2v) is 3.77. The second-order valence-electron chi connectivity index (χ2n) is 3.77. The minimum Gasteiger partial charge on any atom is -0.305 e. The molecule has 0 unspecified atom stereocenters. The Morgan fingerprint density at radius 3 is 2.79 bits per heavy atom. The van der Waals surface area contributed by atoms with E-state index in [1.807, 2.05) is 24.4 Å². The molecule has 0 radical (unpaired) electrons. The van der Waals surface area contributed by atoms with Gasteiger partial charge in [0.2, 0.25) is 0 Å². The summed E-state index contributed by atoms with van der Waals surface area (Å²) in [5, 5.41) is 1.21. The Morgan fingerprint density at radius 2 is 2.00 bits per heavy atom. The molecule has 0 saturated carbocycles. The lowest BCUT2D eigenvalue weighted by Crippen LogP contribution is -2.10. The molecule has 0 aliphatic heterocycles. The number of hydrogen-bond acceptors (Lipinski definition) is 2. The van der Waals surface area contributed by atoms with E-state index in [0.717, 1.165) is 12.1 Å². The average molecular weight is 186 g/mol. The first-order valence-electron chi connectivity index (χ1n) is 4.74.